The molecule has 0 bridgehead atoms. The van der Waals surface area contributed by atoms with Crippen LogP contribution in [0.4, 0.5) is 0 Å². The molecular weight excluding hydrogens is 398 g/mol. The largest absolute Gasteiger partial charge is 0.338 e. The number of aromatic nitrogens is 3. The van der Waals surface area contributed by atoms with Crippen LogP contribution in [0.3, 0.4) is 0 Å². The summed E-state index contributed by atoms with van der Waals surface area (Å²) in [5.74, 6) is 1.32. The van der Waals surface area contributed by atoms with Crippen molar-refractivity contribution in [2.24, 2.45) is 0 Å². The predicted molar refractivity (Wildman–Crippen MR) is 115 cm³/mol. The quantitative estimate of drug-likeness (QED) is 0.495. The fourth-order valence-electron chi connectivity index (χ4n) is 3.59. The van der Waals surface area contributed by atoms with Gasteiger partial charge in [0.05, 0.1) is 11.4 Å². The standard InChI is InChI=1S/C22H21N5O2S/c28-22(17-5-7-18(8-6-17)26-9-1-2-10-26)27-13-11-25(12-14-27)16-20-23-21(24-29-20)19-4-3-15-30-19/h1-10,15H,11-14,16H2. The van der Waals surface area contributed by atoms with Gasteiger partial charge in [-0.05, 0) is 47.8 Å². The summed E-state index contributed by atoms with van der Waals surface area (Å²) in [6.45, 7) is 3.54. The van der Waals surface area contributed by atoms with E-state index in [1.54, 1.807) is 11.3 Å². The van der Waals surface area contributed by atoms with Crippen LogP contribution >= 0.6 is 11.3 Å². The smallest absolute Gasteiger partial charge is 0.253 e. The monoisotopic (exact) mass is 419 g/mol. The van der Waals surface area contributed by atoms with Crippen LogP contribution in [0.25, 0.3) is 16.4 Å². The maximum absolute atomic E-state index is 12.9. The van der Waals surface area contributed by atoms with E-state index in [0.717, 1.165) is 29.2 Å². The third-order valence-corrected chi connectivity index (χ3v) is 6.11. The number of carbonyl (C=O) groups excluding carboxylic acids is 1. The topological polar surface area (TPSA) is 67.4 Å². The lowest BCUT2D eigenvalue weighted by Gasteiger charge is -2.34. The Bertz CT molecular complexity index is 1100. The minimum absolute atomic E-state index is 0.0754. The first-order valence-electron chi connectivity index (χ1n) is 9.88. The van der Waals surface area contributed by atoms with Crippen LogP contribution in [-0.4, -0.2) is 56.6 Å². The predicted octanol–water partition coefficient (Wildman–Crippen LogP) is 3.55. The van der Waals surface area contributed by atoms with Gasteiger partial charge in [0, 0.05) is 49.8 Å². The van der Waals surface area contributed by atoms with Crippen molar-refractivity contribution in [1.29, 1.82) is 0 Å². The Labute approximate surface area is 178 Å². The maximum atomic E-state index is 12.9. The molecule has 0 unspecified atom stereocenters. The Kier molecular flexibility index (Phi) is 5.17. The number of hydrogen-bond donors (Lipinski definition) is 0. The zero-order chi connectivity index (χ0) is 20.3. The molecule has 4 heterocycles. The van der Waals surface area contributed by atoms with E-state index in [9.17, 15) is 4.79 Å². The first-order valence-corrected chi connectivity index (χ1v) is 10.8. The van der Waals surface area contributed by atoms with Crippen LogP contribution in [-0.2, 0) is 6.54 Å². The molecule has 0 atom stereocenters. The van der Waals surface area contributed by atoms with Gasteiger partial charge in [-0.15, -0.1) is 11.3 Å². The lowest BCUT2D eigenvalue weighted by molar-refractivity contribution is 0.0615. The molecule has 1 aromatic carbocycles. The second-order valence-electron chi connectivity index (χ2n) is 7.19. The fraction of sp³-hybridized carbons (Fsp3) is 0.227. The minimum Gasteiger partial charge on any atom is -0.338 e. The first kappa shape index (κ1) is 18.8. The molecule has 7 nitrogen and oxygen atoms in total. The van der Waals surface area contributed by atoms with Crippen LogP contribution in [0.15, 0.2) is 70.8 Å². The number of hydrogen-bond acceptors (Lipinski definition) is 6. The van der Waals surface area contributed by atoms with Crippen molar-refractivity contribution >= 4 is 17.2 Å². The Morgan fingerprint density at radius 2 is 1.77 bits per heavy atom. The van der Waals surface area contributed by atoms with E-state index in [2.05, 4.69) is 15.0 Å². The van der Waals surface area contributed by atoms with Gasteiger partial charge >= 0.3 is 0 Å². The maximum Gasteiger partial charge on any atom is 0.253 e. The van der Waals surface area contributed by atoms with Crippen LogP contribution in [0.5, 0.6) is 0 Å². The number of amides is 1. The molecule has 1 aliphatic rings. The van der Waals surface area contributed by atoms with Crippen molar-refractivity contribution in [3.8, 4) is 16.4 Å². The summed E-state index contributed by atoms with van der Waals surface area (Å²) in [6.07, 6.45) is 3.98. The summed E-state index contributed by atoms with van der Waals surface area (Å²) in [5, 5.41) is 6.06. The SMILES string of the molecule is O=C(c1ccc(-n2cccc2)cc1)N1CCN(Cc2nc(-c3cccs3)no2)CC1. The fourth-order valence-corrected chi connectivity index (χ4v) is 4.24. The summed E-state index contributed by atoms with van der Waals surface area (Å²) < 4.78 is 7.42. The van der Waals surface area contributed by atoms with Crippen molar-refractivity contribution in [2.45, 2.75) is 6.54 Å². The highest BCUT2D eigenvalue weighted by Gasteiger charge is 2.23. The molecule has 4 aromatic rings. The van der Waals surface area contributed by atoms with E-state index in [1.165, 1.54) is 0 Å². The molecule has 3 aromatic heterocycles. The summed E-state index contributed by atoms with van der Waals surface area (Å²) >= 11 is 1.59. The number of piperazine rings is 1. The van der Waals surface area contributed by atoms with Crippen molar-refractivity contribution in [2.75, 3.05) is 26.2 Å². The second kappa shape index (κ2) is 8.25. The number of benzene rings is 1. The molecule has 0 spiro atoms. The average Bonchev–Trinajstić information content (AvgIpc) is 3.56. The average molecular weight is 420 g/mol. The lowest BCUT2D eigenvalue weighted by Crippen LogP contribution is -2.48. The lowest BCUT2D eigenvalue weighted by atomic mass is 10.1. The molecule has 0 saturated carbocycles. The van der Waals surface area contributed by atoms with Crippen molar-refractivity contribution in [3.05, 3.63) is 77.8 Å². The summed E-state index contributed by atoms with van der Waals surface area (Å²) in [6, 6.07) is 15.7. The van der Waals surface area contributed by atoms with E-state index < -0.39 is 0 Å². The molecule has 8 heteroatoms. The van der Waals surface area contributed by atoms with Gasteiger partial charge in [-0.1, -0.05) is 11.2 Å². The Morgan fingerprint density at radius 3 is 2.47 bits per heavy atom. The zero-order valence-corrected chi connectivity index (χ0v) is 17.2. The molecule has 0 N–H and O–H groups in total. The van der Waals surface area contributed by atoms with Crippen LogP contribution in [0.1, 0.15) is 16.2 Å². The highest BCUT2D eigenvalue weighted by molar-refractivity contribution is 7.13. The van der Waals surface area contributed by atoms with Crippen LogP contribution in [0.2, 0.25) is 0 Å². The van der Waals surface area contributed by atoms with Crippen LogP contribution < -0.4 is 0 Å². The molecule has 1 saturated heterocycles. The van der Waals surface area contributed by atoms with Crippen molar-refractivity contribution in [1.82, 2.24) is 24.5 Å². The third kappa shape index (κ3) is 3.92. The Morgan fingerprint density at radius 1 is 1.00 bits per heavy atom. The molecule has 0 radical (unpaired) electrons. The Hall–Kier alpha value is -3.23. The molecule has 1 aliphatic heterocycles. The van der Waals surface area contributed by atoms with Crippen LogP contribution in [0, 0.1) is 0 Å². The van der Waals surface area contributed by atoms with Gasteiger partial charge in [0.25, 0.3) is 5.91 Å². The summed E-state index contributed by atoms with van der Waals surface area (Å²) in [5.41, 5.74) is 1.76. The van der Waals surface area contributed by atoms with Crippen molar-refractivity contribution < 1.29 is 9.32 Å². The summed E-state index contributed by atoms with van der Waals surface area (Å²) in [7, 11) is 0. The molecule has 152 valence electrons. The zero-order valence-electron chi connectivity index (χ0n) is 16.3. The highest BCUT2D eigenvalue weighted by Crippen LogP contribution is 2.22. The van der Waals surface area contributed by atoms with E-state index in [-0.39, 0.29) is 5.91 Å². The molecule has 1 amide bonds. The van der Waals surface area contributed by atoms with E-state index >= 15 is 0 Å². The van der Waals surface area contributed by atoms with Gasteiger partial charge in [-0.2, -0.15) is 4.98 Å². The van der Waals surface area contributed by atoms with Crippen molar-refractivity contribution in [3.63, 3.8) is 0 Å². The normalized spacial score (nSPS) is 14.9. The van der Waals surface area contributed by atoms with Gasteiger partial charge < -0.3 is 14.0 Å². The number of nitrogens with zero attached hydrogens (tertiary/aromatic N) is 5. The molecule has 0 aliphatic carbocycles. The van der Waals surface area contributed by atoms with Gasteiger partial charge in [-0.3, -0.25) is 9.69 Å². The highest BCUT2D eigenvalue weighted by atomic mass is 32.1. The van der Waals surface area contributed by atoms with Gasteiger partial charge in [-0.25, -0.2) is 0 Å². The third-order valence-electron chi connectivity index (χ3n) is 5.24. The number of thiophene rings is 1. The molecule has 30 heavy (non-hydrogen) atoms. The van der Waals surface area contributed by atoms with Gasteiger partial charge in [0.1, 0.15) is 0 Å². The molecule has 5 rings (SSSR count). The minimum atomic E-state index is 0.0754. The molecular formula is C22H21N5O2S. The van der Waals surface area contributed by atoms with E-state index in [1.807, 2.05) is 75.8 Å². The number of carbonyl (C=O) groups is 1. The summed E-state index contributed by atoms with van der Waals surface area (Å²) in [4.78, 5) is 22.5. The van der Waals surface area contributed by atoms with E-state index in [4.69, 9.17) is 4.52 Å². The number of rotatable bonds is 5. The van der Waals surface area contributed by atoms with Gasteiger partial charge in [0.2, 0.25) is 11.7 Å². The van der Waals surface area contributed by atoms with E-state index in [0.29, 0.717) is 31.3 Å². The second-order valence-corrected chi connectivity index (χ2v) is 8.14. The van der Waals surface area contributed by atoms with Gasteiger partial charge in [0.15, 0.2) is 0 Å². The molecule has 1 fully saturated rings. The Balaban J connectivity index is 1.16. The first-order chi connectivity index (χ1) is 14.8.